The summed E-state index contributed by atoms with van der Waals surface area (Å²) in [4.78, 5) is 22.1. The Morgan fingerprint density at radius 3 is 3.14 bits per heavy atom. The molecule has 1 aromatic heterocycles. The fourth-order valence-electron chi connectivity index (χ4n) is 1.49. The number of nitrogens with one attached hydrogen (secondary N) is 1. The van der Waals surface area contributed by atoms with Crippen molar-refractivity contribution in [2.75, 3.05) is 6.54 Å². The number of carbonyl (C=O) groups excluding carboxylic acids is 1. The van der Waals surface area contributed by atoms with Gasteiger partial charge in [0.05, 0.1) is 12.2 Å². The summed E-state index contributed by atoms with van der Waals surface area (Å²) in [6.07, 6.45) is 1.21. The Morgan fingerprint density at radius 2 is 2.50 bits per heavy atom. The van der Waals surface area contributed by atoms with E-state index in [1.165, 1.54) is 10.9 Å². The first kappa shape index (κ1) is 8.74. The minimum Gasteiger partial charge on any atom is -0.478 e. The van der Waals surface area contributed by atoms with Gasteiger partial charge in [-0.25, -0.2) is 4.79 Å². The largest absolute Gasteiger partial charge is 0.478 e. The molecule has 0 aromatic carbocycles. The summed E-state index contributed by atoms with van der Waals surface area (Å²) in [5.74, 6) is -1.51. The predicted molar refractivity (Wildman–Crippen MR) is 46.2 cm³/mol. The molecule has 1 aromatic rings. The molecule has 1 aliphatic heterocycles. The Hall–Kier alpha value is -1.85. The number of hydrogen-bond acceptors (Lipinski definition) is 3. The van der Waals surface area contributed by atoms with Crippen LogP contribution in [0.3, 0.4) is 0 Å². The Kier molecular flexibility index (Phi) is 1.77. The van der Waals surface area contributed by atoms with E-state index in [4.69, 9.17) is 5.11 Å². The van der Waals surface area contributed by atoms with Gasteiger partial charge in [-0.3, -0.25) is 9.48 Å². The summed E-state index contributed by atoms with van der Waals surface area (Å²) >= 11 is 0. The fourth-order valence-corrected chi connectivity index (χ4v) is 1.49. The lowest BCUT2D eigenvalue weighted by atomic mass is 10.2. The van der Waals surface area contributed by atoms with Gasteiger partial charge in [0.25, 0.3) is 5.91 Å². The van der Waals surface area contributed by atoms with Gasteiger partial charge in [0.15, 0.2) is 0 Å². The van der Waals surface area contributed by atoms with E-state index in [-0.39, 0.29) is 23.2 Å². The van der Waals surface area contributed by atoms with Gasteiger partial charge in [-0.05, 0) is 6.92 Å². The van der Waals surface area contributed by atoms with Crippen LogP contribution in [0.2, 0.25) is 0 Å². The summed E-state index contributed by atoms with van der Waals surface area (Å²) in [7, 11) is 0. The van der Waals surface area contributed by atoms with E-state index in [0.29, 0.717) is 6.54 Å². The van der Waals surface area contributed by atoms with Gasteiger partial charge in [-0.1, -0.05) is 0 Å². The van der Waals surface area contributed by atoms with Gasteiger partial charge < -0.3 is 10.4 Å². The summed E-state index contributed by atoms with van der Waals surface area (Å²) in [6, 6.07) is -0.00389. The SMILES string of the molecule is CC1CNC(=O)c2c(C(=O)O)cnn21. The Labute approximate surface area is 79.5 Å². The Morgan fingerprint density at radius 1 is 1.79 bits per heavy atom. The smallest absolute Gasteiger partial charge is 0.339 e. The lowest BCUT2D eigenvalue weighted by Crippen LogP contribution is -2.39. The van der Waals surface area contributed by atoms with E-state index in [1.54, 1.807) is 0 Å². The molecule has 1 amide bonds. The van der Waals surface area contributed by atoms with Crippen molar-refractivity contribution in [2.24, 2.45) is 0 Å². The average Bonchev–Trinajstić information content (AvgIpc) is 2.56. The van der Waals surface area contributed by atoms with E-state index in [2.05, 4.69) is 10.4 Å². The van der Waals surface area contributed by atoms with Crippen LogP contribution in [0.1, 0.15) is 33.8 Å². The minimum atomic E-state index is -1.13. The molecule has 0 saturated carbocycles. The molecule has 74 valence electrons. The third-order valence-electron chi connectivity index (χ3n) is 2.22. The van der Waals surface area contributed by atoms with E-state index in [0.717, 1.165) is 0 Å². The summed E-state index contributed by atoms with van der Waals surface area (Å²) in [5.41, 5.74) is 0.0882. The molecule has 2 N–H and O–H groups in total. The number of carboxylic acids is 1. The maximum absolute atomic E-state index is 11.4. The predicted octanol–water partition coefficient (Wildman–Crippen LogP) is -0.114. The molecular weight excluding hydrogens is 186 g/mol. The number of rotatable bonds is 1. The van der Waals surface area contributed by atoms with Crippen molar-refractivity contribution in [3.63, 3.8) is 0 Å². The summed E-state index contributed by atoms with van der Waals surface area (Å²) in [6.45, 7) is 2.34. The molecule has 2 rings (SSSR count). The van der Waals surface area contributed by atoms with Crippen molar-refractivity contribution in [1.82, 2.24) is 15.1 Å². The van der Waals surface area contributed by atoms with Crippen LogP contribution < -0.4 is 5.32 Å². The fraction of sp³-hybridized carbons (Fsp3) is 0.375. The molecular formula is C8H9N3O3. The lowest BCUT2D eigenvalue weighted by Gasteiger charge is -2.21. The zero-order valence-electron chi connectivity index (χ0n) is 7.52. The molecule has 14 heavy (non-hydrogen) atoms. The number of carboxylic acid groups (broad SMARTS) is 1. The van der Waals surface area contributed by atoms with Gasteiger partial charge in [0.1, 0.15) is 11.3 Å². The van der Waals surface area contributed by atoms with Crippen molar-refractivity contribution in [1.29, 1.82) is 0 Å². The van der Waals surface area contributed by atoms with Crippen LogP contribution in [0.5, 0.6) is 0 Å². The van der Waals surface area contributed by atoms with Gasteiger partial charge >= 0.3 is 5.97 Å². The number of carbonyl (C=O) groups is 2. The van der Waals surface area contributed by atoms with Gasteiger partial charge in [0.2, 0.25) is 0 Å². The highest BCUT2D eigenvalue weighted by Gasteiger charge is 2.28. The van der Waals surface area contributed by atoms with E-state index in [1.807, 2.05) is 6.92 Å². The minimum absolute atomic E-state index is 0.00389. The van der Waals surface area contributed by atoms with E-state index >= 15 is 0 Å². The standard InChI is InChI=1S/C8H9N3O3/c1-4-2-9-7(12)6-5(8(13)14)3-10-11(4)6/h3-4H,2H2,1H3,(H,9,12)(H,13,14). The quantitative estimate of drug-likeness (QED) is 0.654. The zero-order valence-corrected chi connectivity index (χ0v) is 7.52. The maximum atomic E-state index is 11.4. The highest BCUT2D eigenvalue weighted by Crippen LogP contribution is 2.17. The second kappa shape index (κ2) is 2.83. The average molecular weight is 195 g/mol. The van der Waals surface area contributed by atoms with Crippen molar-refractivity contribution < 1.29 is 14.7 Å². The van der Waals surface area contributed by atoms with Crippen LogP contribution >= 0.6 is 0 Å². The number of amides is 1. The van der Waals surface area contributed by atoms with Crippen LogP contribution in [0, 0.1) is 0 Å². The molecule has 0 bridgehead atoms. The van der Waals surface area contributed by atoms with Crippen molar-refractivity contribution >= 4 is 11.9 Å². The monoisotopic (exact) mass is 195 g/mol. The van der Waals surface area contributed by atoms with Crippen LogP contribution in [-0.2, 0) is 0 Å². The molecule has 0 saturated heterocycles. The third-order valence-corrected chi connectivity index (χ3v) is 2.22. The Balaban J connectivity index is 2.59. The Bertz CT molecular complexity index is 410. The molecule has 1 aliphatic rings. The van der Waals surface area contributed by atoms with Crippen LogP contribution in [-0.4, -0.2) is 33.3 Å². The molecule has 6 nitrogen and oxygen atoms in total. The van der Waals surface area contributed by atoms with Gasteiger partial charge in [0, 0.05) is 6.54 Å². The molecule has 0 fully saturated rings. The first-order valence-corrected chi connectivity index (χ1v) is 4.20. The van der Waals surface area contributed by atoms with Crippen molar-refractivity contribution in [3.8, 4) is 0 Å². The third kappa shape index (κ3) is 1.07. The number of nitrogens with zero attached hydrogens (tertiary/aromatic N) is 2. The first-order chi connectivity index (χ1) is 6.61. The highest BCUT2D eigenvalue weighted by atomic mass is 16.4. The van der Waals surface area contributed by atoms with Crippen LogP contribution in [0.25, 0.3) is 0 Å². The van der Waals surface area contributed by atoms with E-state index < -0.39 is 5.97 Å². The molecule has 0 radical (unpaired) electrons. The van der Waals surface area contributed by atoms with Crippen molar-refractivity contribution in [3.05, 3.63) is 17.5 Å². The van der Waals surface area contributed by atoms with E-state index in [9.17, 15) is 9.59 Å². The second-order valence-corrected chi connectivity index (χ2v) is 3.22. The van der Waals surface area contributed by atoms with Crippen LogP contribution in [0.15, 0.2) is 6.20 Å². The van der Waals surface area contributed by atoms with Crippen LogP contribution in [0.4, 0.5) is 0 Å². The first-order valence-electron chi connectivity index (χ1n) is 4.20. The number of aromatic carboxylic acids is 1. The second-order valence-electron chi connectivity index (χ2n) is 3.22. The maximum Gasteiger partial charge on any atom is 0.339 e. The number of fused-ring (bicyclic) bond motifs is 1. The topological polar surface area (TPSA) is 84.2 Å². The lowest BCUT2D eigenvalue weighted by molar-refractivity contribution is 0.0688. The highest BCUT2D eigenvalue weighted by molar-refractivity contribution is 6.03. The molecule has 0 aliphatic carbocycles. The number of aromatic nitrogens is 2. The van der Waals surface area contributed by atoms with Crippen molar-refractivity contribution in [2.45, 2.75) is 13.0 Å². The van der Waals surface area contributed by atoms with Gasteiger partial charge in [-0.2, -0.15) is 5.10 Å². The molecule has 1 atom stereocenters. The molecule has 0 spiro atoms. The normalized spacial score (nSPS) is 20.1. The molecule has 1 unspecified atom stereocenters. The summed E-state index contributed by atoms with van der Waals surface area (Å²) < 4.78 is 1.45. The zero-order chi connectivity index (χ0) is 10.3. The number of hydrogen-bond donors (Lipinski definition) is 2. The molecule has 2 heterocycles. The van der Waals surface area contributed by atoms with Gasteiger partial charge in [-0.15, -0.1) is 0 Å². The summed E-state index contributed by atoms with van der Waals surface area (Å²) in [5, 5.41) is 15.3. The molecule has 6 heteroatoms.